The van der Waals surface area contributed by atoms with E-state index in [4.69, 9.17) is 5.73 Å². The van der Waals surface area contributed by atoms with Crippen molar-refractivity contribution in [3.8, 4) is 5.69 Å². The van der Waals surface area contributed by atoms with Gasteiger partial charge in [-0.15, -0.1) is 12.4 Å². The van der Waals surface area contributed by atoms with E-state index in [2.05, 4.69) is 22.5 Å². The number of amides is 1. The Morgan fingerprint density at radius 3 is 2.76 bits per heavy atom. The van der Waals surface area contributed by atoms with Crippen LogP contribution in [0.2, 0.25) is 0 Å². The lowest BCUT2D eigenvalue weighted by molar-refractivity contribution is -0.128. The van der Waals surface area contributed by atoms with Crippen LogP contribution >= 0.6 is 12.4 Å². The minimum absolute atomic E-state index is 0. The quantitative estimate of drug-likeness (QED) is 0.858. The lowest BCUT2D eigenvalue weighted by Crippen LogP contribution is -2.53. The maximum Gasteiger partial charge on any atom is 0.224 e. The molecule has 2 unspecified atom stereocenters. The van der Waals surface area contributed by atoms with Crippen LogP contribution in [0.1, 0.15) is 38.2 Å². The fourth-order valence-corrected chi connectivity index (χ4v) is 3.48. The van der Waals surface area contributed by atoms with Gasteiger partial charge in [0.2, 0.25) is 5.91 Å². The molecule has 1 heterocycles. The smallest absolute Gasteiger partial charge is 0.224 e. The average Bonchev–Trinajstić information content (AvgIpc) is 3.09. The highest BCUT2D eigenvalue weighted by atomic mass is 35.5. The summed E-state index contributed by atoms with van der Waals surface area (Å²) in [5.41, 5.74) is 8.17. The number of rotatable bonds is 5. The number of halogens is 1. The lowest BCUT2D eigenvalue weighted by Gasteiger charge is -2.37. The largest absolute Gasteiger partial charge is 0.355 e. The first kappa shape index (κ1) is 19.5. The number of aromatic nitrogens is 2. The van der Waals surface area contributed by atoms with Crippen LogP contribution in [0, 0.1) is 5.92 Å². The molecule has 25 heavy (non-hydrogen) atoms. The summed E-state index contributed by atoms with van der Waals surface area (Å²) >= 11 is 0. The van der Waals surface area contributed by atoms with Gasteiger partial charge in [-0.3, -0.25) is 4.79 Å². The van der Waals surface area contributed by atoms with Gasteiger partial charge in [0.1, 0.15) is 0 Å². The van der Waals surface area contributed by atoms with Crippen molar-refractivity contribution < 1.29 is 4.79 Å². The van der Waals surface area contributed by atoms with Crippen molar-refractivity contribution >= 4 is 18.3 Å². The van der Waals surface area contributed by atoms with E-state index in [0.29, 0.717) is 6.54 Å². The monoisotopic (exact) mass is 362 g/mol. The Labute approximate surface area is 155 Å². The summed E-state index contributed by atoms with van der Waals surface area (Å²) in [6.45, 7) is 2.65. The number of nitrogens with zero attached hydrogens (tertiary/aromatic N) is 2. The molecule has 136 valence electrons. The Morgan fingerprint density at radius 1 is 1.36 bits per heavy atom. The molecular formula is C19H27ClN4O. The first-order chi connectivity index (χ1) is 11.6. The fraction of sp³-hybridized carbons (Fsp3) is 0.474. The molecule has 2 atom stereocenters. The zero-order valence-corrected chi connectivity index (χ0v) is 15.5. The van der Waals surface area contributed by atoms with Crippen LogP contribution in [-0.4, -0.2) is 27.8 Å². The summed E-state index contributed by atoms with van der Waals surface area (Å²) in [6, 6.07) is 10.2. The van der Waals surface area contributed by atoms with Gasteiger partial charge in [0.15, 0.2) is 0 Å². The van der Waals surface area contributed by atoms with E-state index in [0.717, 1.165) is 37.8 Å². The molecule has 3 N–H and O–H groups in total. The molecule has 1 aliphatic carbocycles. The molecule has 0 aliphatic heterocycles. The number of carbonyl (C=O) groups excluding carboxylic acids is 1. The molecular weight excluding hydrogens is 336 g/mol. The first-order valence-corrected chi connectivity index (χ1v) is 8.72. The Morgan fingerprint density at radius 2 is 2.12 bits per heavy atom. The van der Waals surface area contributed by atoms with E-state index in [-0.39, 0.29) is 29.8 Å². The van der Waals surface area contributed by atoms with Crippen molar-refractivity contribution in [1.82, 2.24) is 15.1 Å². The summed E-state index contributed by atoms with van der Waals surface area (Å²) in [6.07, 6.45) is 8.55. The molecule has 1 aromatic heterocycles. The molecule has 1 aromatic carbocycles. The minimum Gasteiger partial charge on any atom is -0.355 e. The van der Waals surface area contributed by atoms with Gasteiger partial charge in [0.05, 0.1) is 11.6 Å². The van der Waals surface area contributed by atoms with E-state index in [1.54, 1.807) is 6.20 Å². The Balaban J connectivity index is 0.00000225. The number of hydrogen-bond donors (Lipinski definition) is 2. The first-order valence-electron chi connectivity index (χ1n) is 8.72. The molecule has 2 aromatic rings. The summed E-state index contributed by atoms with van der Waals surface area (Å²) in [4.78, 5) is 12.4. The van der Waals surface area contributed by atoms with Gasteiger partial charge in [-0.05, 0) is 49.9 Å². The van der Waals surface area contributed by atoms with Crippen LogP contribution in [0.3, 0.4) is 0 Å². The average molecular weight is 363 g/mol. The number of carbonyl (C=O) groups is 1. The second kappa shape index (κ2) is 8.50. The third kappa shape index (κ3) is 4.83. The summed E-state index contributed by atoms with van der Waals surface area (Å²) in [7, 11) is 0. The Kier molecular flexibility index (Phi) is 6.62. The standard InChI is InChI=1S/C19H26N4O.ClH/c1-19(20)11-3-2-5-17(19)18(24)21-13-10-15-6-8-16(9-7-15)23-14-4-12-22-23;/h4,6-9,12,14,17H,2-3,5,10-11,13,20H2,1H3,(H,21,24);1H. The molecule has 1 amide bonds. The number of nitrogens with one attached hydrogen (secondary N) is 1. The molecule has 6 heteroatoms. The maximum absolute atomic E-state index is 12.4. The molecule has 0 radical (unpaired) electrons. The third-order valence-electron chi connectivity index (χ3n) is 4.99. The Hall–Kier alpha value is -1.85. The molecule has 1 saturated carbocycles. The van der Waals surface area contributed by atoms with Gasteiger partial charge in [-0.25, -0.2) is 4.68 Å². The highest BCUT2D eigenvalue weighted by molar-refractivity contribution is 5.85. The van der Waals surface area contributed by atoms with Crippen molar-refractivity contribution in [3.63, 3.8) is 0 Å². The molecule has 3 rings (SSSR count). The summed E-state index contributed by atoms with van der Waals surface area (Å²) < 4.78 is 1.83. The van der Waals surface area contributed by atoms with Gasteiger partial charge >= 0.3 is 0 Å². The van der Waals surface area contributed by atoms with Crippen LogP contribution in [0.5, 0.6) is 0 Å². The van der Waals surface area contributed by atoms with Crippen molar-refractivity contribution in [2.24, 2.45) is 11.7 Å². The third-order valence-corrected chi connectivity index (χ3v) is 4.99. The van der Waals surface area contributed by atoms with Gasteiger partial charge in [0.25, 0.3) is 0 Å². The van der Waals surface area contributed by atoms with E-state index < -0.39 is 0 Å². The van der Waals surface area contributed by atoms with Crippen molar-refractivity contribution in [3.05, 3.63) is 48.3 Å². The second-order valence-corrected chi connectivity index (χ2v) is 6.96. The zero-order valence-electron chi connectivity index (χ0n) is 14.6. The second-order valence-electron chi connectivity index (χ2n) is 6.96. The van der Waals surface area contributed by atoms with E-state index in [1.165, 1.54) is 5.56 Å². The van der Waals surface area contributed by atoms with Crippen LogP contribution in [-0.2, 0) is 11.2 Å². The van der Waals surface area contributed by atoms with E-state index in [1.807, 2.05) is 36.0 Å². The van der Waals surface area contributed by atoms with Gasteiger partial charge in [-0.1, -0.05) is 25.0 Å². The van der Waals surface area contributed by atoms with Crippen molar-refractivity contribution in [2.45, 2.75) is 44.6 Å². The van der Waals surface area contributed by atoms with Gasteiger partial charge in [0, 0.05) is 24.5 Å². The maximum atomic E-state index is 12.4. The molecule has 1 aliphatic rings. The van der Waals surface area contributed by atoms with Gasteiger partial charge in [-0.2, -0.15) is 5.10 Å². The zero-order chi connectivity index (χ0) is 17.0. The fourth-order valence-electron chi connectivity index (χ4n) is 3.48. The van der Waals surface area contributed by atoms with Crippen molar-refractivity contribution in [1.29, 1.82) is 0 Å². The molecule has 0 saturated heterocycles. The van der Waals surface area contributed by atoms with Crippen molar-refractivity contribution in [2.75, 3.05) is 6.54 Å². The molecule has 1 fully saturated rings. The predicted octanol–water partition coefficient (Wildman–Crippen LogP) is 2.86. The molecule has 0 spiro atoms. The van der Waals surface area contributed by atoms with Gasteiger partial charge < -0.3 is 11.1 Å². The highest BCUT2D eigenvalue weighted by Crippen LogP contribution is 2.31. The van der Waals surface area contributed by atoms with Crippen LogP contribution in [0.25, 0.3) is 5.69 Å². The number of nitrogens with two attached hydrogens (primary N) is 1. The number of benzene rings is 1. The Bertz CT molecular complexity index is 667. The van der Waals surface area contributed by atoms with Crippen LogP contribution in [0.4, 0.5) is 0 Å². The molecule has 0 bridgehead atoms. The normalized spacial score (nSPS) is 22.9. The lowest BCUT2D eigenvalue weighted by atomic mass is 9.74. The number of hydrogen-bond acceptors (Lipinski definition) is 3. The van der Waals surface area contributed by atoms with Crippen LogP contribution in [0.15, 0.2) is 42.7 Å². The molecule has 5 nitrogen and oxygen atoms in total. The summed E-state index contributed by atoms with van der Waals surface area (Å²) in [5.74, 6) is 0.0429. The predicted molar refractivity (Wildman–Crippen MR) is 102 cm³/mol. The van der Waals surface area contributed by atoms with Crippen LogP contribution < -0.4 is 11.1 Å². The highest BCUT2D eigenvalue weighted by Gasteiger charge is 2.37. The van der Waals surface area contributed by atoms with E-state index >= 15 is 0 Å². The van der Waals surface area contributed by atoms with E-state index in [9.17, 15) is 4.79 Å². The SMILES string of the molecule is CC1(N)CCCCC1C(=O)NCCc1ccc(-n2cccn2)cc1.Cl. The summed E-state index contributed by atoms with van der Waals surface area (Å²) in [5, 5.41) is 7.28. The topological polar surface area (TPSA) is 72.9 Å². The minimum atomic E-state index is -0.367.